The second-order valence-corrected chi connectivity index (χ2v) is 7.97. The average Bonchev–Trinajstić information content (AvgIpc) is 2.17. The predicted octanol–water partition coefficient (Wildman–Crippen LogP) is 4.09. The number of benzene rings is 1. The number of halogens is 2. The Morgan fingerprint density at radius 2 is 1.94 bits per heavy atom. The summed E-state index contributed by atoms with van der Waals surface area (Å²) in [6.07, 6.45) is 1.64. The molecule has 0 saturated carbocycles. The number of hydrogen-bond acceptors (Lipinski definition) is 2. The van der Waals surface area contributed by atoms with E-state index in [0.717, 1.165) is 14.5 Å². The zero-order chi connectivity index (χ0) is 12.3. The fraction of sp³-hybridized carbons (Fsp3) is 0.364. The summed E-state index contributed by atoms with van der Waals surface area (Å²) < 4.78 is 17.4. The van der Waals surface area contributed by atoms with Crippen molar-refractivity contribution in [1.29, 1.82) is 0 Å². The number of rotatable bonds is 2. The van der Waals surface area contributed by atoms with E-state index in [1.54, 1.807) is 6.21 Å². The maximum Gasteiger partial charge on any atom is 0.144 e. The standard InChI is InChI=1S/C11H13Br2NOS/c1-11(2,3)16(15)14-7-8-6-9(12)4-5-10(8)13/h4-7H,1-3H3. The summed E-state index contributed by atoms with van der Waals surface area (Å²) in [5.74, 6) is 0. The van der Waals surface area contributed by atoms with Gasteiger partial charge in [0.25, 0.3) is 0 Å². The van der Waals surface area contributed by atoms with Crippen LogP contribution in [0.4, 0.5) is 0 Å². The molecule has 0 aromatic heterocycles. The molecular weight excluding hydrogens is 354 g/mol. The first-order valence-corrected chi connectivity index (χ1v) is 7.41. The molecule has 5 heteroatoms. The Kier molecular flexibility index (Phi) is 5.04. The van der Waals surface area contributed by atoms with E-state index >= 15 is 0 Å². The lowest BCUT2D eigenvalue weighted by atomic mass is 10.2. The van der Waals surface area contributed by atoms with E-state index in [9.17, 15) is 4.55 Å². The highest BCUT2D eigenvalue weighted by Gasteiger charge is 2.25. The molecule has 2 nitrogen and oxygen atoms in total. The molecule has 88 valence electrons. The summed E-state index contributed by atoms with van der Waals surface area (Å²) >= 11 is 5.59. The molecule has 0 fully saturated rings. The van der Waals surface area contributed by atoms with Gasteiger partial charge in [0.1, 0.15) is 16.1 Å². The molecule has 0 radical (unpaired) electrons. The average molecular weight is 367 g/mol. The van der Waals surface area contributed by atoms with Crippen LogP contribution in [-0.2, 0) is 11.4 Å². The van der Waals surface area contributed by atoms with Gasteiger partial charge in [-0.05, 0) is 39.0 Å². The van der Waals surface area contributed by atoms with E-state index in [1.807, 2.05) is 39.0 Å². The van der Waals surface area contributed by atoms with Gasteiger partial charge in [-0.1, -0.05) is 36.3 Å². The van der Waals surface area contributed by atoms with Gasteiger partial charge in [-0.3, -0.25) is 0 Å². The van der Waals surface area contributed by atoms with Gasteiger partial charge in [0.15, 0.2) is 0 Å². The lowest BCUT2D eigenvalue weighted by molar-refractivity contribution is 0.562. The Balaban J connectivity index is 2.88. The lowest BCUT2D eigenvalue weighted by Gasteiger charge is -2.17. The summed E-state index contributed by atoms with van der Waals surface area (Å²) in [6.45, 7) is 5.70. The maximum absolute atomic E-state index is 11.7. The predicted molar refractivity (Wildman–Crippen MR) is 77.3 cm³/mol. The fourth-order valence-corrected chi connectivity index (χ4v) is 2.13. The molecule has 0 amide bonds. The molecule has 0 N–H and O–H groups in total. The van der Waals surface area contributed by atoms with Crippen molar-refractivity contribution in [2.75, 3.05) is 0 Å². The molecule has 1 aromatic carbocycles. The van der Waals surface area contributed by atoms with Crippen LogP contribution in [0.15, 0.2) is 31.5 Å². The molecule has 0 aliphatic heterocycles. The van der Waals surface area contributed by atoms with E-state index in [4.69, 9.17) is 0 Å². The van der Waals surface area contributed by atoms with Gasteiger partial charge in [-0.25, -0.2) is 0 Å². The smallest absolute Gasteiger partial charge is 0.144 e. The van der Waals surface area contributed by atoms with Crippen molar-refractivity contribution in [1.82, 2.24) is 0 Å². The van der Waals surface area contributed by atoms with Crippen LogP contribution >= 0.6 is 31.9 Å². The van der Waals surface area contributed by atoms with Crippen LogP contribution in [0.5, 0.6) is 0 Å². The molecule has 0 spiro atoms. The first-order chi connectivity index (χ1) is 7.30. The molecule has 0 bridgehead atoms. The molecule has 16 heavy (non-hydrogen) atoms. The monoisotopic (exact) mass is 365 g/mol. The minimum absolute atomic E-state index is 0.324. The van der Waals surface area contributed by atoms with Gasteiger partial charge in [0.2, 0.25) is 0 Å². The van der Waals surface area contributed by atoms with Gasteiger partial charge in [0, 0.05) is 14.5 Å². The van der Waals surface area contributed by atoms with Crippen LogP contribution in [0.1, 0.15) is 26.3 Å². The topological polar surface area (TPSA) is 35.4 Å². The summed E-state index contributed by atoms with van der Waals surface area (Å²) in [4.78, 5) is 0. The lowest BCUT2D eigenvalue weighted by Crippen LogP contribution is -2.25. The minimum Gasteiger partial charge on any atom is -0.591 e. The molecule has 0 aliphatic carbocycles. The molecule has 1 aromatic rings. The minimum atomic E-state index is -1.22. The third kappa shape index (κ3) is 4.20. The van der Waals surface area contributed by atoms with Crippen molar-refractivity contribution in [3.8, 4) is 0 Å². The second-order valence-electron chi connectivity index (χ2n) is 4.26. The summed E-state index contributed by atoms with van der Waals surface area (Å²) in [6, 6.07) is 5.78. The summed E-state index contributed by atoms with van der Waals surface area (Å²) in [7, 11) is 0. The SMILES string of the molecule is CC(C)(C)[S+]([O-])N=Cc1cc(Br)ccc1Br. The highest BCUT2D eigenvalue weighted by atomic mass is 79.9. The summed E-state index contributed by atoms with van der Waals surface area (Å²) in [5, 5.41) is 0. The Labute approximate surface area is 116 Å². The number of nitrogens with zero attached hydrogens (tertiary/aromatic N) is 1. The number of hydrogen-bond donors (Lipinski definition) is 0. The third-order valence-electron chi connectivity index (χ3n) is 1.77. The normalized spacial score (nSPS) is 14.4. The van der Waals surface area contributed by atoms with Crippen LogP contribution in [0.2, 0.25) is 0 Å². The highest BCUT2D eigenvalue weighted by Crippen LogP contribution is 2.21. The first kappa shape index (κ1) is 14.2. The molecule has 1 unspecified atom stereocenters. The van der Waals surface area contributed by atoms with Crippen molar-refractivity contribution >= 4 is 49.4 Å². The van der Waals surface area contributed by atoms with Gasteiger partial charge >= 0.3 is 0 Å². The molecule has 1 atom stereocenters. The summed E-state index contributed by atoms with van der Waals surface area (Å²) in [5.41, 5.74) is 0.909. The molecule has 0 aliphatic rings. The van der Waals surface area contributed by atoms with Crippen molar-refractivity contribution in [3.05, 3.63) is 32.7 Å². The molecule has 1 rings (SSSR count). The Morgan fingerprint density at radius 1 is 1.31 bits per heavy atom. The van der Waals surface area contributed by atoms with Crippen LogP contribution in [0.25, 0.3) is 0 Å². The second kappa shape index (κ2) is 5.67. The zero-order valence-corrected chi connectivity index (χ0v) is 13.3. The zero-order valence-electron chi connectivity index (χ0n) is 9.33. The Morgan fingerprint density at radius 3 is 2.50 bits per heavy atom. The third-order valence-corrected chi connectivity index (χ3v) is 4.33. The fourth-order valence-electron chi connectivity index (χ4n) is 0.876. The molecule has 0 heterocycles. The molecule has 0 saturated heterocycles. The van der Waals surface area contributed by atoms with Gasteiger partial charge in [0.05, 0.1) is 6.21 Å². The largest absolute Gasteiger partial charge is 0.591 e. The van der Waals surface area contributed by atoms with Crippen molar-refractivity contribution in [2.24, 2.45) is 4.40 Å². The highest BCUT2D eigenvalue weighted by molar-refractivity contribution is 9.11. The van der Waals surface area contributed by atoms with Crippen molar-refractivity contribution < 1.29 is 4.55 Å². The maximum atomic E-state index is 11.7. The van der Waals surface area contributed by atoms with Crippen molar-refractivity contribution in [2.45, 2.75) is 25.5 Å². The first-order valence-electron chi connectivity index (χ1n) is 4.72. The van der Waals surface area contributed by atoms with Crippen LogP contribution < -0.4 is 0 Å². The Bertz CT molecular complexity index is 401. The van der Waals surface area contributed by atoms with Gasteiger partial charge in [-0.2, -0.15) is 0 Å². The van der Waals surface area contributed by atoms with E-state index in [2.05, 4.69) is 36.3 Å². The van der Waals surface area contributed by atoms with E-state index in [-0.39, 0.29) is 4.75 Å². The van der Waals surface area contributed by atoms with E-state index in [1.165, 1.54) is 0 Å². The van der Waals surface area contributed by atoms with Crippen LogP contribution in [0.3, 0.4) is 0 Å². The van der Waals surface area contributed by atoms with Gasteiger partial charge < -0.3 is 4.55 Å². The molecular formula is C11H13Br2NOS. The van der Waals surface area contributed by atoms with Gasteiger partial charge in [-0.15, -0.1) is 0 Å². The van der Waals surface area contributed by atoms with Crippen LogP contribution in [-0.4, -0.2) is 15.5 Å². The van der Waals surface area contributed by atoms with E-state index in [0.29, 0.717) is 0 Å². The van der Waals surface area contributed by atoms with Crippen molar-refractivity contribution in [3.63, 3.8) is 0 Å². The Hall–Kier alpha value is 0.160. The van der Waals surface area contributed by atoms with Crippen LogP contribution in [0, 0.1) is 0 Å². The van der Waals surface area contributed by atoms with E-state index < -0.39 is 11.4 Å². The quantitative estimate of drug-likeness (QED) is 0.573.